The molecule has 0 saturated heterocycles. The molecule has 0 radical (unpaired) electrons. The molecule has 2 aromatic heterocycles. The number of amides is 1. The van der Waals surface area contributed by atoms with Gasteiger partial charge >= 0.3 is 0 Å². The topological polar surface area (TPSA) is 70.7 Å². The van der Waals surface area contributed by atoms with Crippen LogP contribution in [0, 0.1) is 6.92 Å². The SMILES string of the molecule is Cc1nnsc1C(=O)Nc1cccc2[nH]ccc12. The Morgan fingerprint density at radius 1 is 1.39 bits per heavy atom. The van der Waals surface area contributed by atoms with Crippen molar-refractivity contribution in [1.29, 1.82) is 0 Å². The molecule has 1 amide bonds. The van der Waals surface area contributed by atoms with Crippen molar-refractivity contribution in [2.24, 2.45) is 0 Å². The lowest BCUT2D eigenvalue weighted by Gasteiger charge is -2.05. The van der Waals surface area contributed by atoms with Crippen LogP contribution in [0.4, 0.5) is 5.69 Å². The lowest BCUT2D eigenvalue weighted by Crippen LogP contribution is -2.11. The predicted octanol–water partition coefficient (Wildman–Crippen LogP) is 2.58. The third-order valence-electron chi connectivity index (χ3n) is 2.70. The first-order valence-corrected chi connectivity index (χ1v) is 6.19. The van der Waals surface area contributed by atoms with E-state index < -0.39 is 0 Å². The van der Waals surface area contributed by atoms with Crippen LogP contribution in [-0.2, 0) is 0 Å². The number of aromatic amines is 1. The average Bonchev–Trinajstić information content (AvgIpc) is 2.97. The van der Waals surface area contributed by atoms with Crippen LogP contribution in [-0.4, -0.2) is 20.5 Å². The summed E-state index contributed by atoms with van der Waals surface area (Å²) in [6.07, 6.45) is 1.85. The van der Waals surface area contributed by atoms with Gasteiger partial charge in [0.2, 0.25) is 0 Å². The molecule has 0 spiro atoms. The molecule has 0 saturated carbocycles. The fraction of sp³-hybridized carbons (Fsp3) is 0.0833. The number of aryl methyl sites for hydroxylation is 1. The Bertz CT molecular complexity index is 716. The first-order chi connectivity index (χ1) is 8.75. The fourth-order valence-corrected chi connectivity index (χ4v) is 2.37. The Balaban J connectivity index is 1.95. The fourth-order valence-electron chi connectivity index (χ4n) is 1.81. The molecular weight excluding hydrogens is 248 g/mol. The number of rotatable bonds is 2. The second-order valence-electron chi connectivity index (χ2n) is 3.89. The van der Waals surface area contributed by atoms with E-state index in [1.807, 2.05) is 30.5 Å². The third-order valence-corrected chi connectivity index (χ3v) is 3.53. The van der Waals surface area contributed by atoms with Crippen LogP contribution < -0.4 is 5.32 Å². The minimum atomic E-state index is -0.170. The van der Waals surface area contributed by atoms with Gasteiger partial charge in [0, 0.05) is 17.1 Å². The molecule has 1 aromatic carbocycles. The monoisotopic (exact) mass is 258 g/mol. The predicted molar refractivity (Wildman–Crippen MR) is 70.9 cm³/mol. The average molecular weight is 258 g/mol. The summed E-state index contributed by atoms with van der Waals surface area (Å²) in [4.78, 5) is 15.7. The van der Waals surface area contributed by atoms with Gasteiger partial charge in [0.25, 0.3) is 5.91 Å². The van der Waals surface area contributed by atoms with Gasteiger partial charge in [-0.05, 0) is 36.7 Å². The molecule has 0 aliphatic carbocycles. The number of hydrogen-bond acceptors (Lipinski definition) is 4. The summed E-state index contributed by atoms with van der Waals surface area (Å²) in [5, 5.41) is 7.71. The highest BCUT2D eigenvalue weighted by molar-refractivity contribution is 7.08. The van der Waals surface area contributed by atoms with Gasteiger partial charge in [-0.25, -0.2) is 0 Å². The molecule has 0 aliphatic heterocycles. The van der Waals surface area contributed by atoms with Crippen molar-refractivity contribution in [2.45, 2.75) is 6.92 Å². The van der Waals surface area contributed by atoms with E-state index in [0.29, 0.717) is 10.6 Å². The van der Waals surface area contributed by atoms with E-state index in [-0.39, 0.29) is 5.91 Å². The zero-order valence-corrected chi connectivity index (χ0v) is 10.4. The Morgan fingerprint density at radius 2 is 2.28 bits per heavy atom. The lowest BCUT2D eigenvalue weighted by molar-refractivity contribution is 0.103. The first-order valence-electron chi connectivity index (χ1n) is 5.42. The summed E-state index contributed by atoms with van der Waals surface area (Å²) in [6.45, 7) is 1.77. The Kier molecular flexibility index (Phi) is 2.56. The summed E-state index contributed by atoms with van der Waals surface area (Å²) in [7, 11) is 0. The highest BCUT2D eigenvalue weighted by Gasteiger charge is 2.14. The van der Waals surface area contributed by atoms with Crippen LogP contribution in [0.1, 0.15) is 15.4 Å². The van der Waals surface area contributed by atoms with E-state index in [4.69, 9.17) is 0 Å². The molecule has 0 fully saturated rings. The van der Waals surface area contributed by atoms with E-state index in [2.05, 4.69) is 19.9 Å². The number of carbonyl (C=O) groups excluding carboxylic acids is 1. The number of fused-ring (bicyclic) bond motifs is 1. The van der Waals surface area contributed by atoms with Gasteiger partial charge in [-0.1, -0.05) is 10.6 Å². The molecule has 18 heavy (non-hydrogen) atoms. The Morgan fingerprint density at radius 3 is 3.06 bits per heavy atom. The summed E-state index contributed by atoms with van der Waals surface area (Å²) in [5.41, 5.74) is 2.43. The number of nitrogens with one attached hydrogen (secondary N) is 2. The second kappa shape index (κ2) is 4.23. The van der Waals surface area contributed by atoms with Gasteiger partial charge in [0.05, 0.1) is 11.4 Å². The largest absolute Gasteiger partial charge is 0.361 e. The maximum atomic E-state index is 12.1. The zero-order valence-electron chi connectivity index (χ0n) is 9.60. The van der Waals surface area contributed by atoms with Gasteiger partial charge in [-0.3, -0.25) is 4.79 Å². The Hall–Kier alpha value is -2.21. The quantitative estimate of drug-likeness (QED) is 0.742. The van der Waals surface area contributed by atoms with E-state index in [0.717, 1.165) is 28.1 Å². The van der Waals surface area contributed by atoms with E-state index in [1.54, 1.807) is 6.92 Å². The second-order valence-corrected chi connectivity index (χ2v) is 4.64. The number of aromatic nitrogens is 3. The summed E-state index contributed by atoms with van der Waals surface area (Å²) in [5.74, 6) is -0.170. The number of hydrogen-bond donors (Lipinski definition) is 2. The van der Waals surface area contributed by atoms with E-state index in [1.165, 1.54) is 0 Å². The molecule has 3 rings (SSSR count). The van der Waals surface area contributed by atoms with Crippen molar-refractivity contribution in [2.75, 3.05) is 5.32 Å². The van der Waals surface area contributed by atoms with Crippen molar-refractivity contribution in [3.05, 3.63) is 41.0 Å². The normalized spacial score (nSPS) is 10.7. The molecule has 0 unspecified atom stereocenters. The van der Waals surface area contributed by atoms with Crippen molar-refractivity contribution in [3.63, 3.8) is 0 Å². The van der Waals surface area contributed by atoms with Crippen LogP contribution in [0.2, 0.25) is 0 Å². The van der Waals surface area contributed by atoms with Crippen molar-refractivity contribution in [1.82, 2.24) is 14.6 Å². The molecule has 0 bridgehead atoms. The minimum Gasteiger partial charge on any atom is -0.361 e. The zero-order chi connectivity index (χ0) is 12.5. The molecule has 6 heteroatoms. The third kappa shape index (κ3) is 1.76. The van der Waals surface area contributed by atoms with Gasteiger partial charge in [-0.15, -0.1) is 5.10 Å². The number of benzene rings is 1. The summed E-state index contributed by atoms with van der Waals surface area (Å²) < 4.78 is 3.76. The molecule has 2 heterocycles. The number of H-pyrrole nitrogens is 1. The number of nitrogens with zero attached hydrogens (tertiary/aromatic N) is 2. The molecule has 90 valence electrons. The van der Waals surface area contributed by atoms with Crippen molar-refractivity contribution in [3.8, 4) is 0 Å². The maximum Gasteiger partial charge on any atom is 0.269 e. The van der Waals surface area contributed by atoms with Crippen LogP contribution in [0.15, 0.2) is 30.5 Å². The highest BCUT2D eigenvalue weighted by Crippen LogP contribution is 2.23. The van der Waals surface area contributed by atoms with E-state index >= 15 is 0 Å². The molecule has 2 N–H and O–H groups in total. The van der Waals surface area contributed by atoms with Crippen molar-refractivity contribution < 1.29 is 4.79 Å². The molecule has 5 nitrogen and oxygen atoms in total. The first kappa shape index (κ1) is 10.9. The van der Waals surface area contributed by atoms with Crippen LogP contribution in [0.25, 0.3) is 10.9 Å². The standard InChI is InChI=1S/C12H10N4OS/c1-7-11(18-16-15-7)12(17)14-10-4-2-3-9-8(10)5-6-13-9/h2-6,13H,1H3,(H,14,17). The highest BCUT2D eigenvalue weighted by atomic mass is 32.1. The van der Waals surface area contributed by atoms with Gasteiger partial charge in [-0.2, -0.15) is 0 Å². The maximum absolute atomic E-state index is 12.1. The summed E-state index contributed by atoms with van der Waals surface area (Å²) in [6, 6.07) is 7.66. The number of anilines is 1. The van der Waals surface area contributed by atoms with E-state index in [9.17, 15) is 4.79 Å². The summed E-state index contributed by atoms with van der Waals surface area (Å²) >= 11 is 1.10. The lowest BCUT2D eigenvalue weighted by atomic mass is 10.2. The smallest absolute Gasteiger partial charge is 0.269 e. The number of carbonyl (C=O) groups is 1. The van der Waals surface area contributed by atoms with Gasteiger partial charge in [0.15, 0.2) is 0 Å². The van der Waals surface area contributed by atoms with Crippen LogP contribution in [0.3, 0.4) is 0 Å². The van der Waals surface area contributed by atoms with Crippen LogP contribution in [0.5, 0.6) is 0 Å². The van der Waals surface area contributed by atoms with Gasteiger partial charge < -0.3 is 10.3 Å². The molecule has 0 atom stereocenters. The van der Waals surface area contributed by atoms with Gasteiger partial charge in [0.1, 0.15) is 4.88 Å². The van der Waals surface area contributed by atoms with Crippen LogP contribution >= 0.6 is 11.5 Å². The molecular formula is C12H10N4OS. The molecule has 3 aromatic rings. The minimum absolute atomic E-state index is 0.170. The Labute approximate surface area is 107 Å². The van der Waals surface area contributed by atoms with Crippen molar-refractivity contribution >= 4 is 34.0 Å². The molecule has 0 aliphatic rings.